The number of hydrogen-bond acceptors (Lipinski definition) is 5. The molecule has 7 heteroatoms. The number of nitrogens with one attached hydrogen (secondary N) is 1. The van der Waals surface area contributed by atoms with Gasteiger partial charge >= 0.3 is 0 Å². The summed E-state index contributed by atoms with van der Waals surface area (Å²) in [6.45, 7) is 1.94. The first kappa shape index (κ1) is 19.4. The van der Waals surface area contributed by atoms with E-state index >= 15 is 0 Å². The molecule has 1 atom stereocenters. The lowest BCUT2D eigenvalue weighted by Gasteiger charge is -2.16. The van der Waals surface area contributed by atoms with E-state index in [1.807, 2.05) is 12.1 Å². The highest BCUT2D eigenvalue weighted by molar-refractivity contribution is 6.32. The van der Waals surface area contributed by atoms with Gasteiger partial charge in [-0.1, -0.05) is 17.7 Å². The summed E-state index contributed by atoms with van der Waals surface area (Å²) in [6, 6.07) is 12.0. The zero-order chi connectivity index (χ0) is 19.1. The molecule has 0 radical (unpaired) electrons. The maximum Gasteiger partial charge on any atom is 0.261 e. The summed E-state index contributed by atoms with van der Waals surface area (Å²) in [7, 11) is 3.12. The van der Waals surface area contributed by atoms with E-state index in [9.17, 15) is 4.79 Å². The summed E-state index contributed by atoms with van der Waals surface area (Å²) in [6.07, 6.45) is -0.749. The zero-order valence-electron chi connectivity index (χ0n) is 14.7. The van der Waals surface area contributed by atoms with Gasteiger partial charge < -0.3 is 19.5 Å². The largest absolute Gasteiger partial charge is 0.493 e. The molecule has 2 rings (SSSR count). The van der Waals surface area contributed by atoms with Crippen LogP contribution in [0.25, 0.3) is 0 Å². The van der Waals surface area contributed by atoms with Crippen LogP contribution in [0.3, 0.4) is 0 Å². The second kappa shape index (κ2) is 8.97. The van der Waals surface area contributed by atoms with Gasteiger partial charge in [-0.05, 0) is 42.8 Å². The molecule has 0 unspecified atom stereocenters. The maximum atomic E-state index is 12.2. The van der Waals surface area contributed by atoms with Gasteiger partial charge in [-0.3, -0.25) is 4.79 Å². The molecule has 0 spiro atoms. The average Bonchev–Trinajstić information content (AvgIpc) is 2.67. The summed E-state index contributed by atoms with van der Waals surface area (Å²) >= 11 is 6.06. The number of carbonyl (C=O) groups excluding carboxylic acids is 1. The van der Waals surface area contributed by atoms with E-state index in [2.05, 4.69) is 5.32 Å². The van der Waals surface area contributed by atoms with Gasteiger partial charge in [0.15, 0.2) is 17.6 Å². The van der Waals surface area contributed by atoms with E-state index in [1.165, 1.54) is 6.07 Å². The maximum absolute atomic E-state index is 12.2. The molecular formula is C19H19ClN2O4. The normalized spacial score (nSPS) is 11.2. The Labute approximate surface area is 157 Å². The van der Waals surface area contributed by atoms with Gasteiger partial charge in [-0.15, -0.1) is 0 Å². The number of ether oxygens (including phenoxy) is 3. The second-order valence-corrected chi connectivity index (χ2v) is 5.83. The van der Waals surface area contributed by atoms with E-state index in [0.29, 0.717) is 29.4 Å². The van der Waals surface area contributed by atoms with Crippen molar-refractivity contribution in [2.75, 3.05) is 14.2 Å². The number of methoxy groups -OCH3 is 2. The van der Waals surface area contributed by atoms with Crippen LogP contribution in [0, 0.1) is 11.3 Å². The van der Waals surface area contributed by atoms with Gasteiger partial charge in [0.2, 0.25) is 0 Å². The van der Waals surface area contributed by atoms with E-state index in [-0.39, 0.29) is 10.9 Å². The standard InChI is InChI=1S/C19H19ClN2O4/c1-12(26-16-6-4-13(10-21)8-15(16)20)19(23)22-11-14-5-7-17(24-2)18(9-14)25-3/h4-9,12H,11H2,1-3H3,(H,22,23)/t12-/m0/s1. The molecular weight excluding hydrogens is 356 g/mol. The number of nitrogens with zero attached hydrogens (tertiary/aromatic N) is 1. The topological polar surface area (TPSA) is 80.6 Å². The van der Waals surface area contributed by atoms with Crippen molar-refractivity contribution in [3.05, 3.63) is 52.5 Å². The first-order valence-electron chi connectivity index (χ1n) is 7.83. The summed E-state index contributed by atoms with van der Waals surface area (Å²) in [5, 5.41) is 11.9. The predicted octanol–water partition coefficient (Wildman–Crippen LogP) is 3.31. The first-order chi connectivity index (χ1) is 12.5. The molecule has 6 nitrogen and oxygen atoms in total. The van der Waals surface area contributed by atoms with Gasteiger partial charge in [0.1, 0.15) is 5.75 Å². The van der Waals surface area contributed by atoms with Crippen LogP contribution in [0.15, 0.2) is 36.4 Å². The fourth-order valence-electron chi connectivity index (χ4n) is 2.23. The quantitative estimate of drug-likeness (QED) is 0.804. The number of carbonyl (C=O) groups is 1. The van der Waals surface area contributed by atoms with E-state index in [4.69, 9.17) is 31.1 Å². The summed E-state index contributed by atoms with van der Waals surface area (Å²) in [5.74, 6) is 1.27. The van der Waals surface area contributed by atoms with Crippen LogP contribution in [0.2, 0.25) is 5.02 Å². The Hall–Kier alpha value is -2.91. The Kier molecular flexibility index (Phi) is 6.70. The Morgan fingerprint density at radius 1 is 1.15 bits per heavy atom. The van der Waals surface area contributed by atoms with Gasteiger partial charge in [0.25, 0.3) is 5.91 Å². The third-order valence-corrected chi connectivity index (χ3v) is 3.94. The highest BCUT2D eigenvalue weighted by atomic mass is 35.5. The van der Waals surface area contributed by atoms with Gasteiger partial charge in [0.05, 0.1) is 30.9 Å². The van der Waals surface area contributed by atoms with Crippen LogP contribution >= 0.6 is 11.6 Å². The van der Waals surface area contributed by atoms with Gasteiger partial charge in [-0.2, -0.15) is 5.26 Å². The lowest BCUT2D eigenvalue weighted by Crippen LogP contribution is -2.35. The van der Waals surface area contributed by atoms with Crippen LogP contribution in [-0.4, -0.2) is 26.2 Å². The van der Waals surface area contributed by atoms with Crippen LogP contribution in [0.1, 0.15) is 18.1 Å². The summed E-state index contributed by atoms with van der Waals surface area (Å²) < 4.78 is 16.0. The van der Waals surface area contributed by atoms with Crippen LogP contribution in [0.5, 0.6) is 17.2 Å². The lowest BCUT2D eigenvalue weighted by molar-refractivity contribution is -0.127. The number of rotatable bonds is 7. The van der Waals surface area contributed by atoms with Crippen LogP contribution < -0.4 is 19.5 Å². The van der Waals surface area contributed by atoms with E-state index in [1.54, 1.807) is 45.4 Å². The average molecular weight is 375 g/mol. The monoisotopic (exact) mass is 374 g/mol. The van der Waals surface area contributed by atoms with Crippen molar-refractivity contribution in [1.82, 2.24) is 5.32 Å². The number of amides is 1. The summed E-state index contributed by atoms with van der Waals surface area (Å²) in [5.41, 5.74) is 1.28. The fraction of sp³-hybridized carbons (Fsp3) is 0.263. The number of halogens is 1. The van der Waals surface area contributed by atoms with E-state index < -0.39 is 6.10 Å². The molecule has 2 aromatic carbocycles. The summed E-state index contributed by atoms with van der Waals surface area (Å²) in [4.78, 5) is 12.2. The molecule has 0 aromatic heterocycles. The highest BCUT2D eigenvalue weighted by Crippen LogP contribution is 2.28. The molecule has 136 valence electrons. The van der Waals surface area contributed by atoms with Crippen LogP contribution in [0.4, 0.5) is 0 Å². The third-order valence-electron chi connectivity index (χ3n) is 3.65. The zero-order valence-corrected chi connectivity index (χ0v) is 15.5. The minimum Gasteiger partial charge on any atom is -0.493 e. The second-order valence-electron chi connectivity index (χ2n) is 5.42. The van der Waals surface area contributed by atoms with Crippen molar-refractivity contribution in [2.24, 2.45) is 0 Å². The molecule has 2 aromatic rings. The Bertz CT molecular complexity index is 833. The van der Waals surface area contributed by atoms with Crippen molar-refractivity contribution in [2.45, 2.75) is 19.6 Å². The molecule has 0 aliphatic carbocycles. The Morgan fingerprint density at radius 2 is 1.85 bits per heavy atom. The van der Waals surface area contributed by atoms with Gasteiger partial charge in [-0.25, -0.2) is 0 Å². The molecule has 0 saturated carbocycles. The lowest BCUT2D eigenvalue weighted by atomic mass is 10.2. The van der Waals surface area contributed by atoms with Gasteiger partial charge in [0, 0.05) is 6.54 Å². The molecule has 0 bridgehead atoms. The van der Waals surface area contributed by atoms with E-state index in [0.717, 1.165) is 5.56 Å². The molecule has 26 heavy (non-hydrogen) atoms. The number of hydrogen-bond donors (Lipinski definition) is 1. The molecule has 0 fully saturated rings. The van der Waals surface area contributed by atoms with Crippen molar-refractivity contribution in [3.8, 4) is 23.3 Å². The van der Waals surface area contributed by atoms with Crippen molar-refractivity contribution in [1.29, 1.82) is 5.26 Å². The smallest absolute Gasteiger partial charge is 0.261 e. The number of nitriles is 1. The molecule has 0 saturated heterocycles. The Balaban J connectivity index is 1.96. The minimum atomic E-state index is -0.749. The highest BCUT2D eigenvalue weighted by Gasteiger charge is 2.16. The van der Waals surface area contributed by atoms with Crippen molar-refractivity contribution >= 4 is 17.5 Å². The first-order valence-corrected chi connectivity index (χ1v) is 8.21. The SMILES string of the molecule is COc1ccc(CNC(=O)[C@H](C)Oc2ccc(C#N)cc2Cl)cc1OC. The molecule has 0 aliphatic heterocycles. The van der Waals surface area contributed by atoms with Crippen LogP contribution in [-0.2, 0) is 11.3 Å². The predicted molar refractivity (Wildman–Crippen MR) is 97.6 cm³/mol. The molecule has 0 heterocycles. The molecule has 1 N–H and O–H groups in total. The number of benzene rings is 2. The molecule has 1 amide bonds. The third kappa shape index (κ3) is 4.80. The minimum absolute atomic E-state index is 0.281. The molecule has 0 aliphatic rings. The fourth-order valence-corrected chi connectivity index (χ4v) is 2.46. The Morgan fingerprint density at radius 3 is 2.46 bits per heavy atom. The van der Waals surface area contributed by atoms with Crippen molar-refractivity contribution in [3.63, 3.8) is 0 Å². The van der Waals surface area contributed by atoms with Crippen molar-refractivity contribution < 1.29 is 19.0 Å².